The molecule has 0 bridgehead atoms. The number of fused-ring (bicyclic) bond motifs is 2. The third-order valence-corrected chi connectivity index (χ3v) is 7.13. The predicted molar refractivity (Wildman–Crippen MR) is 150 cm³/mol. The molecule has 1 aromatic heterocycles. The van der Waals surface area contributed by atoms with Crippen LogP contribution in [0.5, 0.6) is 0 Å². The van der Waals surface area contributed by atoms with Gasteiger partial charge in [-0.15, -0.1) is 0 Å². The van der Waals surface area contributed by atoms with E-state index >= 15 is 0 Å². The van der Waals surface area contributed by atoms with Crippen molar-refractivity contribution in [3.05, 3.63) is 106 Å². The molecule has 0 N–H and O–H groups in total. The molecule has 0 unspecified atom stereocenters. The Labute approximate surface area is 214 Å². The van der Waals surface area contributed by atoms with Crippen LogP contribution in [0, 0.1) is 13.8 Å². The van der Waals surface area contributed by atoms with E-state index in [9.17, 15) is 9.59 Å². The van der Waals surface area contributed by atoms with E-state index < -0.39 is 0 Å². The van der Waals surface area contributed by atoms with Crippen LogP contribution >= 0.6 is 11.8 Å². The van der Waals surface area contributed by atoms with Crippen molar-refractivity contribution in [2.75, 3.05) is 17.2 Å². The highest BCUT2D eigenvalue weighted by atomic mass is 32.2. The zero-order valence-corrected chi connectivity index (χ0v) is 21.4. The molecule has 0 atom stereocenters. The summed E-state index contributed by atoms with van der Waals surface area (Å²) in [5.74, 6) is 0.125. The van der Waals surface area contributed by atoms with Crippen LogP contribution < -0.4 is 10.5 Å². The molecule has 0 aliphatic rings. The molecule has 0 aliphatic heterocycles. The van der Waals surface area contributed by atoms with Gasteiger partial charge in [0.05, 0.1) is 28.0 Å². The first-order valence-electron chi connectivity index (χ1n) is 12.0. The van der Waals surface area contributed by atoms with Crippen molar-refractivity contribution in [3.63, 3.8) is 0 Å². The predicted octanol–water partition coefficient (Wildman–Crippen LogP) is 6.30. The zero-order valence-electron chi connectivity index (χ0n) is 20.6. The van der Waals surface area contributed by atoms with Crippen molar-refractivity contribution in [1.82, 2.24) is 9.55 Å². The van der Waals surface area contributed by atoms with Gasteiger partial charge in [-0.25, -0.2) is 4.98 Å². The van der Waals surface area contributed by atoms with E-state index in [1.807, 2.05) is 93.6 Å². The number of amides is 1. The largest absolute Gasteiger partial charge is 0.311 e. The normalized spacial score (nSPS) is 11.2. The topological polar surface area (TPSA) is 55.2 Å². The second kappa shape index (κ2) is 9.99. The number of carbonyl (C=O) groups excluding carboxylic acids is 1. The van der Waals surface area contributed by atoms with Gasteiger partial charge in [-0.1, -0.05) is 66.4 Å². The van der Waals surface area contributed by atoms with Crippen molar-refractivity contribution in [3.8, 4) is 5.69 Å². The summed E-state index contributed by atoms with van der Waals surface area (Å²) in [6.45, 7) is 6.54. The van der Waals surface area contributed by atoms with Crippen molar-refractivity contribution >= 4 is 45.0 Å². The lowest BCUT2D eigenvalue weighted by Gasteiger charge is -2.23. The van der Waals surface area contributed by atoms with Gasteiger partial charge in [-0.2, -0.15) is 0 Å². The van der Waals surface area contributed by atoms with Crippen molar-refractivity contribution in [2.45, 2.75) is 25.9 Å². The van der Waals surface area contributed by atoms with Crippen LogP contribution in [0.25, 0.3) is 27.4 Å². The lowest BCUT2D eigenvalue weighted by atomic mass is 10.1. The molecular weight excluding hydrogens is 466 g/mol. The molecule has 4 aromatic carbocycles. The van der Waals surface area contributed by atoms with E-state index in [1.54, 1.807) is 15.5 Å². The third kappa shape index (κ3) is 4.52. The van der Waals surface area contributed by atoms with Crippen LogP contribution in [-0.2, 0) is 4.79 Å². The number of aryl methyl sites for hydroxylation is 2. The quantitative estimate of drug-likeness (QED) is 0.206. The summed E-state index contributed by atoms with van der Waals surface area (Å²) >= 11 is 1.30. The van der Waals surface area contributed by atoms with E-state index in [-0.39, 0.29) is 17.2 Å². The number of benzene rings is 4. The van der Waals surface area contributed by atoms with Crippen LogP contribution in [0.3, 0.4) is 0 Å². The molecule has 1 amide bonds. The molecule has 1 heterocycles. The maximum Gasteiger partial charge on any atom is 0.266 e. The van der Waals surface area contributed by atoms with Crippen molar-refractivity contribution < 1.29 is 4.79 Å². The molecule has 180 valence electrons. The molecule has 5 aromatic rings. The molecule has 0 fully saturated rings. The Balaban J connectivity index is 1.54. The summed E-state index contributed by atoms with van der Waals surface area (Å²) < 4.78 is 1.63. The maximum absolute atomic E-state index is 13.6. The Morgan fingerprint density at radius 2 is 1.56 bits per heavy atom. The van der Waals surface area contributed by atoms with E-state index in [4.69, 9.17) is 4.98 Å². The van der Waals surface area contributed by atoms with E-state index in [0.717, 1.165) is 33.3 Å². The first kappa shape index (κ1) is 23.8. The third-order valence-electron chi connectivity index (χ3n) is 6.21. The maximum atomic E-state index is 13.6. The highest BCUT2D eigenvalue weighted by Gasteiger charge is 2.20. The van der Waals surface area contributed by atoms with Crippen LogP contribution in [-0.4, -0.2) is 27.8 Å². The average Bonchev–Trinajstić information content (AvgIpc) is 2.87. The summed E-state index contributed by atoms with van der Waals surface area (Å²) in [7, 11) is 0. The number of anilines is 1. The number of aromatic nitrogens is 2. The second-order valence-corrected chi connectivity index (χ2v) is 9.77. The fraction of sp³-hybridized carbons (Fsp3) is 0.167. The van der Waals surface area contributed by atoms with Gasteiger partial charge in [0.2, 0.25) is 5.91 Å². The lowest BCUT2D eigenvalue weighted by molar-refractivity contribution is -0.116. The molecular formula is C30H27N3O2S. The molecule has 0 aliphatic carbocycles. The van der Waals surface area contributed by atoms with Gasteiger partial charge in [0.1, 0.15) is 0 Å². The van der Waals surface area contributed by atoms with Crippen LogP contribution in [0.1, 0.15) is 18.1 Å². The summed E-state index contributed by atoms with van der Waals surface area (Å²) in [5.41, 5.74) is 4.25. The minimum atomic E-state index is -0.137. The standard InChI is InChI=1S/C30H27N3O2S/c1-4-32(27-15-9-11-22-10-5-6-12-24(22)27)28(34)19-36-30-31-26-14-8-7-13-25(26)29(35)33(30)23-17-20(2)16-21(3)18-23/h5-18H,4,19H2,1-3H3. The molecule has 0 saturated heterocycles. The van der Waals surface area contributed by atoms with Gasteiger partial charge in [-0.3, -0.25) is 14.2 Å². The van der Waals surface area contributed by atoms with Crippen LogP contribution in [0.2, 0.25) is 0 Å². The van der Waals surface area contributed by atoms with Gasteiger partial charge in [0.15, 0.2) is 5.16 Å². The van der Waals surface area contributed by atoms with Crippen molar-refractivity contribution in [1.29, 1.82) is 0 Å². The van der Waals surface area contributed by atoms with E-state index in [0.29, 0.717) is 22.6 Å². The molecule has 5 nitrogen and oxygen atoms in total. The Bertz CT molecular complexity index is 1630. The summed E-state index contributed by atoms with van der Waals surface area (Å²) in [6.07, 6.45) is 0. The van der Waals surface area contributed by atoms with Gasteiger partial charge in [0, 0.05) is 11.9 Å². The Morgan fingerprint density at radius 1 is 0.889 bits per heavy atom. The number of hydrogen-bond donors (Lipinski definition) is 0. The fourth-order valence-electron chi connectivity index (χ4n) is 4.65. The van der Waals surface area contributed by atoms with Crippen LogP contribution in [0.15, 0.2) is 94.9 Å². The Hall–Kier alpha value is -3.90. The minimum Gasteiger partial charge on any atom is -0.311 e. The number of carbonyl (C=O) groups is 1. The highest BCUT2D eigenvalue weighted by molar-refractivity contribution is 7.99. The summed E-state index contributed by atoms with van der Waals surface area (Å²) in [6, 6.07) is 27.4. The van der Waals surface area contributed by atoms with E-state index in [2.05, 4.69) is 6.07 Å². The van der Waals surface area contributed by atoms with Gasteiger partial charge < -0.3 is 4.90 Å². The summed E-state index contributed by atoms with van der Waals surface area (Å²) in [5, 5.41) is 3.19. The second-order valence-electron chi connectivity index (χ2n) is 8.82. The zero-order chi connectivity index (χ0) is 25.2. The molecule has 6 heteroatoms. The number of thioether (sulfide) groups is 1. The number of rotatable bonds is 6. The van der Waals surface area contributed by atoms with Crippen molar-refractivity contribution in [2.24, 2.45) is 0 Å². The Morgan fingerprint density at radius 3 is 2.31 bits per heavy atom. The average molecular weight is 494 g/mol. The molecule has 0 saturated carbocycles. The smallest absolute Gasteiger partial charge is 0.266 e. The van der Waals surface area contributed by atoms with Gasteiger partial charge >= 0.3 is 0 Å². The van der Waals surface area contributed by atoms with E-state index in [1.165, 1.54) is 11.8 Å². The summed E-state index contributed by atoms with van der Waals surface area (Å²) in [4.78, 5) is 33.7. The van der Waals surface area contributed by atoms with Gasteiger partial charge in [-0.05, 0) is 67.6 Å². The lowest BCUT2D eigenvalue weighted by Crippen LogP contribution is -2.32. The number of hydrogen-bond acceptors (Lipinski definition) is 4. The Kier molecular flexibility index (Phi) is 6.61. The number of para-hydroxylation sites is 1. The molecule has 0 radical (unpaired) electrons. The molecule has 36 heavy (non-hydrogen) atoms. The minimum absolute atomic E-state index is 0.0340. The SMILES string of the molecule is CCN(C(=O)CSc1nc2ccccc2c(=O)n1-c1cc(C)cc(C)c1)c1cccc2ccccc12. The van der Waals surface area contributed by atoms with Gasteiger partial charge in [0.25, 0.3) is 5.56 Å². The monoisotopic (exact) mass is 493 g/mol. The van der Waals surface area contributed by atoms with Crippen LogP contribution in [0.4, 0.5) is 5.69 Å². The highest BCUT2D eigenvalue weighted by Crippen LogP contribution is 2.28. The molecule has 0 spiro atoms. The fourth-order valence-corrected chi connectivity index (χ4v) is 5.53. The molecule has 5 rings (SSSR count). The first-order valence-corrected chi connectivity index (χ1v) is 13.0. The number of nitrogens with zero attached hydrogens (tertiary/aromatic N) is 3. The first-order chi connectivity index (χ1) is 17.5.